The lowest BCUT2D eigenvalue weighted by atomic mass is 10.0. The molecule has 1 N–H and O–H groups in total. The van der Waals surface area contributed by atoms with Crippen LogP contribution < -0.4 is 5.32 Å². The molecule has 0 saturated heterocycles. The standard InChI is InChI=1S/C21H18F3NO4/c1-10-6-14-13(9-28-17(14)7-11(10)2)8-18(26)29-12(3)21(27)25-16-5-4-15(22)19(23)20(16)24/h4-7,9,12H,8H2,1-3H3,(H,25,27)/t12-/m0/s1. The zero-order valence-electron chi connectivity index (χ0n) is 15.9. The number of carbonyl (C=O) groups excluding carboxylic acids is 2. The van der Waals surface area contributed by atoms with E-state index in [-0.39, 0.29) is 6.42 Å². The monoisotopic (exact) mass is 405 g/mol. The number of fused-ring (bicyclic) bond motifs is 1. The van der Waals surface area contributed by atoms with Crippen molar-refractivity contribution in [3.05, 3.63) is 64.7 Å². The van der Waals surface area contributed by atoms with Crippen LogP contribution in [0.2, 0.25) is 0 Å². The number of nitrogens with one attached hydrogen (secondary N) is 1. The second-order valence-corrected chi connectivity index (χ2v) is 6.71. The van der Waals surface area contributed by atoms with Crippen LogP contribution in [0.25, 0.3) is 11.0 Å². The molecule has 1 amide bonds. The van der Waals surface area contributed by atoms with Gasteiger partial charge in [0.2, 0.25) is 0 Å². The fourth-order valence-electron chi connectivity index (χ4n) is 2.78. The van der Waals surface area contributed by atoms with Crippen LogP contribution in [0.5, 0.6) is 0 Å². The van der Waals surface area contributed by atoms with Gasteiger partial charge < -0.3 is 14.5 Å². The Morgan fingerprint density at radius 1 is 1.10 bits per heavy atom. The highest BCUT2D eigenvalue weighted by Crippen LogP contribution is 2.25. The van der Waals surface area contributed by atoms with Crippen LogP contribution in [0.4, 0.5) is 18.9 Å². The Hall–Kier alpha value is -3.29. The van der Waals surface area contributed by atoms with Gasteiger partial charge in [-0.3, -0.25) is 9.59 Å². The van der Waals surface area contributed by atoms with Crippen LogP contribution in [-0.2, 0) is 20.7 Å². The zero-order valence-corrected chi connectivity index (χ0v) is 15.9. The van der Waals surface area contributed by atoms with Gasteiger partial charge in [0, 0.05) is 10.9 Å². The maximum atomic E-state index is 13.7. The minimum atomic E-state index is -1.70. The fourth-order valence-corrected chi connectivity index (χ4v) is 2.78. The van der Waals surface area contributed by atoms with Gasteiger partial charge in [0.15, 0.2) is 23.6 Å². The number of anilines is 1. The SMILES string of the molecule is Cc1cc2occ(CC(=O)O[C@@H](C)C(=O)Nc3ccc(F)c(F)c3F)c2cc1C. The summed E-state index contributed by atoms with van der Waals surface area (Å²) in [4.78, 5) is 24.3. The summed E-state index contributed by atoms with van der Waals surface area (Å²) in [5, 5.41) is 2.84. The lowest BCUT2D eigenvalue weighted by Gasteiger charge is -2.14. The molecule has 0 aliphatic heterocycles. The molecule has 8 heteroatoms. The smallest absolute Gasteiger partial charge is 0.311 e. The third kappa shape index (κ3) is 4.26. The van der Waals surface area contributed by atoms with Crippen LogP contribution >= 0.6 is 0 Å². The summed E-state index contributed by atoms with van der Waals surface area (Å²) in [5.41, 5.74) is 2.77. The van der Waals surface area contributed by atoms with E-state index in [0.29, 0.717) is 17.2 Å². The summed E-state index contributed by atoms with van der Waals surface area (Å²) in [6.07, 6.45) is 0.0379. The van der Waals surface area contributed by atoms with E-state index in [9.17, 15) is 22.8 Å². The maximum Gasteiger partial charge on any atom is 0.311 e. The van der Waals surface area contributed by atoms with Crippen LogP contribution in [0.1, 0.15) is 23.6 Å². The predicted octanol–water partition coefficient (Wildman–Crippen LogP) is 4.58. The molecular formula is C21H18F3NO4. The Morgan fingerprint density at radius 2 is 1.79 bits per heavy atom. The summed E-state index contributed by atoms with van der Waals surface area (Å²) in [7, 11) is 0. The predicted molar refractivity (Wildman–Crippen MR) is 99.9 cm³/mol. The first-order valence-corrected chi connectivity index (χ1v) is 8.78. The van der Waals surface area contributed by atoms with Crippen molar-refractivity contribution in [1.29, 1.82) is 0 Å². The molecule has 1 heterocycles. The van der Waals surface area contributed by atoms with E-state index in [1.807, 2.05) is 26.0 Å². The number of rotatable bonds is 5. The van der Waals surface area contributed by atoms with Crippen molar-refractivity contribution in [2.45, 2.75) is 33.3 Å². The summed E-state index contributed by atoms with van der Waals surface area (Å²) in [6, 6.07) is 5.32. The molecule has 0 aliphatic rings. The molecule has 3 aromatic rings. The molecular weight excluding hydrogens is 387 g/mol. The minimum absolute atomic E-state index is 0.132. The highest BCUT2D eigenvalue weighted by atomic mass is 19.2. The van der Waals surface area contributed by atoms with Gasteiger partial charge in [-0.15, -0.1) is 0 Å². The Labute approximate surface area is 164 Å². The Kier molecular flexibility index (Phi) is 5.63. The van der Waals surface area contributed by atoms with E-state index < -0.39 is 41.1 Å². The lowest BCUT2D eigenvalue weighted by molar-refractivity contribution is -0.152. The zero-order chi connectivity index (χ0) is 21.3. The fraction of sp³-hybridized carbons (Fsp3) is 0.238. The normalized spacial score (nSPS) is 12.1. The van der Waals surface area contributed by atoms with E-state index in [0.717, 1.165) is 22.6 Å². The number of halogens is 3. The lowest BCUT2D eigenvalue weighted by Crippen LogP contribution is -2.30. The van der Waals surface area contributed by atoms with E-state index in [4.69, 9.17) is 9.15 Å². The van der Waals surface area contributed by atoms with Gasteiger partial charge in [0.05, 0.1) is 18.4 Å². The van der Waals surface area contributed by atoms with E-state index >= 15 is 0 Å². The molecule has 1 aromatic heterocycles. The summed E-state index contributed by atoms with van der Waals surface area (Å²) in [6.45, 7) is 5.17. The van der Waals surface area contributed by atoms with Crippen LogP contribution in [0, 0.1) is 31.3 Å². The molecule has 0 fully saturated rings. The van der Waals surface area contributed by atoms with Crippen molar-refractivity contribution in [3.8, 4) is 0 Å². The van der Waals surface area contributed by atoms with Gasteiger partial charge in [0.1, 0.15) is 5.58 Å². The van der Waals surface area contributed by atoms with Gasteiger partial charge in [-0.2, -0.15) is 0 Å². The van der Waals surface area contributed by atoms with Crippen LogP contribution in [0.15, 0.2) is 34.9 Å². The van der Waals surface area contributed by atoms with Crippen molar-refractivity contribution in [1.82, 2.24) is 0 Å². The minimum Gasteiger partial charge on any atom is -0.464 e. The first kappa shape index (κ1) is 20.4. The first-order valence-electron chi connectivity index (χ1n) is 8.78. The second kappa shape index (κ2) is 7.98. The topological polar surface area (TPSA) is 68.5 Å². The molecule has 0 aliphatic carbocycles. The third-order valence-electron chi connectivity index (χ3n) is 4.58. The van der Waals surface area contributed by atoms with Crippen molar-refractivity contribution in [2.24, 2.45) is 0 Å². The molecule has 3 rings (SSSR count). The first-order chi connectivity index (χ1) is 13.7. The average molecular weight is 405 g/mol. The van der Waals surface area contributed by atoms with E-state index in [1.54, 1.807) is 0 Å². The quantitative estimate of drug-likeness (QED) is 0.498. The number of benzene rings is 2. The van der Waals surface area contributed by atoms with Gasteiger partial charge in [-0.25, -0.2) is 13.2 Å². The molecule has 0 saturated carbocycles. The van der Waals surface area contributed by atoms with Crippen molar-refractivity contribution in [2.75, 3.05) is 5.32 Å². The molecule has 0 unspecified atom stereocenters. The van der Waals surface area contributed by atoms with Gasteiger partial charge >= 0.3 is 5.97 Å². The number of carbonyl (C=O) groups is 2. The molecule has 0 bridgehead atoms. The number of furan rings is 1. The second-order valence-electron chi connectivity index (χ2n) is 6.71. The number of amides is 1. The molecule has 1 atom stereocenters. The highest BCUT2D eigenvalue weighted by Gasteiger charge is 2.22. The number of aryl methyl sites for hydroxylation is 2. The third-order valence-corrected chi connectivity index (χ3v) is 4.58. The van der Waals surface area contributed by atoms with Crippen molar-refractivity contribution < 1.29 is 31.9 Å². The van der Waals surface area contributed by atoms with Crippen molar-refractivity contribution >= 4 is 28.5 Å². The van der Waals surface area contributed by atoms with Gasteiger partial charge in [-0.1, -0.05) is 0 Å². The molecule has 0 radical (unpaired) electrons. The van der Waals surface area contributed by atoms with Crippen molar-refractivity contribution in [3.63, 3.8) is 0 Å². The molecule has 0 spiro atoms. The van der Waals surface area contributed by atoms with Crippen LogP contribution in [0.3, 0.4) is 0 Å². The number of hydrogen-bond acceptors (Lipinski definition) is 4. The summed E-state index contributed by atoms with van der Waals surface area (Å²) < 4.78 is 50.4. The van der Waals surface area contributed by atoms with E-state index in [2.05, 4.69) is 5.32 Å². The molecule has 152 valence electrons. The number of esters is 1. The molecule has 2 aromatic carbocycles. The number of hydrogen-bond donors (Lipinski definition) is 1. The highest BCUT2D eigenvalue weighted by molar-refractivity contribution is 5.95. The molecule has 5 nitrogen and oxygen atoms in total. The largest absolute Gasteiger partial charge is 0.464 e. The Bertz CT molecular complexity index is 1110. The maximum absolute atomic E-state index is 13.7. The van der Waals surface area contributed by atoms with E-state index in [1.165, 1.54) is 13.2 Å². The number of ether oxygens (including phenoxy) is 1. The average Bonchev–Trinajstić information content (AvgIpc) is 3.03. The summed E-state index contributed by atoms with van der Waals surface area (Å²) >= 11 is 0. The van der Waals surface area contributed by atoms with Gasteiger partial charge in [-0.05, 0) is 56.2 Å². The van der Waals surface area contributed by atoms with Crippen LogP contribution in [-0.4, -0.2) is 18.0 Å². The Morgan fingerprint density at radius 3 is 2.52 bits per heavy atom. The molecule has 29 heavy (non-hydrogen) atoms. The summed E-state index contributed by atoms with van der Waals surface area (Å²) in [5.74, 6) is -6.19. The Balaban J connectivity index is 1.65. The van der Waals surface area contributed by atoms with Gasteiger partial charge in [0.25, 0.3) is 5.91 Å².